The summed E-state index contributed by atoms with van der Waals surface area (Å²) in [5, 5.41) is 3.95. The monoisotopic (exact) mass is 339 g/mol. The van der Waals surface area contributed by atoms with Gasteiger partial charge in [0.2, 0.25) is 0 Å². The number of allylic oxidation sites excluding steroid dienone is 1. The van der Waals surface area contributed by atoms with Gasteiger partial charge in [-0.15, -0.1) is 0 Å². The van der Waals surface area contributed by atoms with Crippen LogP contribution in [0.15, 0.2) is 27.1 Å². The van der Waals surface area contributed by atoms with Crippen molar-refractivity contribution in [3.63, 3.8) is 0 Å². The molecular weight excluding hydrogens is 318 g/mol. The van der Waals surface area contributed by atoms with Crippen LogP contribution in [0.2, 0.25) is 0 Å². The molecule has 0 saturated carbocycles. The Kier molecular flexibility index (Phi) is 5.35. The zero-order valence-electron chi connectivity index (χ0n) is 13.6. The number of hydrogen-bond acceptors (Lipinski definition) is 5. The average molecular weight is 339 g/mol. The lowest BCUT2D eigenvalue weighted by Gasteiger charge is -2.10. The van der Waals surface area contributed by atoms with Crippen molar-refractivity contribution in [2.24, 2.45) is 11.4 Å². The first-order valence-corrected chi connectivity index (χ1v) is 9.30. The lowest BCUT2D eigenvalue weighted by atomic mass is 9.97. The Labute approximate surface area is 135 Å². The van der Waals surface area contributed by atoms with Gasteiger partial charge in [0.15, 0.2) is 5.69 Å². The van der Waals surface area contributed by atoms with Crippen molar-refractivity contribution < 1.29 is 18.5 Å². The molecule has 1 unspecified atom stereocenters. The molecule has 2 rings (SSSR count). The van der Waals surface area contributed by atoms with Gasteiger partial charge in [-0.05, 0) is 25.7 Å². The largest absolute Gasteiger partial charge is 0.464 e. The molecule has 1 atom stereocenters. The molecule has 1 aromatic heterocycles. The van der Waals surface area contributed by atoms with E-state index in [1.807, 2.05) is 0 Å². The van der Waals surface area contributed by atoms with E-state index in [0.717, 1.165) is 31.3 Å². The fourth-order valence-electron chi connectivity index (χ4n) is 2.52. The maximum absolute atomic E-state index is 12.8. The number of ether oxygens (including phenoxy) is 1. The molecule has 7 nitrogen and oxygen atoms in total. The van der Waals surface area contributed by atoms with Gasteiger partial charge in [0.25, 0.3) is 5.91 Å². The molecule has 0 radical (unpaired) electrons. The first-order valence-electron chi connectivity index (χ1n) is 7.38. The Hall–Kier alpha value is -1.96. The number of esters is 1. The van der Waals surface area contributed by atoms with Crippen LogP contribution >= 0.6 is 0 Å². The lowest BCUT2D eigenvalue weighted by molar-refractivity contribution is -0.117. The average Bonchev–Trinajstić information content (AvgIpc) is 2.90. The van der Waals surface area contributed by atoms with Gasteiger partial charge >= 0.3 is 5.97 Å². The minimum Gasteiger partial charge on any atom is -0.464 e. The molecule has 0 fully saturated rings. The SMILES string of the molecule is COC(=O)c1nn(C)cc1S(C)(=O)=NC(=O)CC1=CCCCC1. The summed E-state index contributed by atoms with van der Waals surface area (Å²) in [4.78, 5) is 24.0. The Bertz CT molecular complexity index is 770. The maximum atomic E-state index is 12.8. The van der Waals surface area contributed by atoms with E-state index in [1.165, 1.54) is 24.2 Å². The minimum atomic E-state index is -3.06. The van der Waals surface area contributed by atoms with Crippen molar-refractivity contribution in [2.75, 3.05) is 13.4 Å². The Morgan fingerprint density at radius 3 is 2.78 bits per heavy atom. The van der Waals surface area contributed by atoms with E-state index in [9.17, 15) is 13.8 Å². The Morgan fingerprint density at radius 1 is 1.43 bits per heavy atom. The van der Waals surface area contributed by atoms with E-state index in [0.29, 0.717) is 0 Å². The van der Waals surface area contributed by atoms with Gasteiger partial charge in [-0.3, -0.25) is 9.48 Å². The number of hydrogen-bond donors (Lipinski definition) is 0. The second-order valence-corrected chi connectivity index (χ2v) is 7.81. The van der Waals surface area contributed by atoms with E-state index in [1.54, 1.807) is 7.05 Å². The van der Waals surface area contributed by atoms with Gasteiger partial charge < -0.3 is 4.74 Å². The summed E-state index contributed by atoms with van der Waals surface area (Å²) < 4.78 is 22.7. The molecule has 126 valence electrons. The molecule has 1 aromatic rings. The zero-order valence-corrected chi connectivity index (χ0v) is 14.4. The number of aromatic nitrogens is 2. The quantitative estimate of drug-likeness (QED) is 0.619. The molecule has 1 aliphatic carbocycles. The third-order valence-electron chi connectivity index (χ3n) is 3.62. The zero-order chi connectivity index (χ0) is 17.0. The number of nitrogens with zero attached hydrogens (tertiary/aromatic N) is 3. The van der Waals surface area contributed by atoms with Gasteiger partial charge in [-0.1, -0.05) is 11.6 Å². The second kappa shape index (κ2) is 7.08. The van der Waals surface area contributed by atoms with Crippen LogP contribution in [0, 0.1) is 0 Å². The highest BCUT2D eigenvalue weighted by Gasteiger charge is 2.24. The number of aryl methyl sites for hydroxylation is 1. The van der Waals surface area contributed by atoms with Crippen LogP contribution in [0.1, 0.15) is 42.6 Å². The van der Waals surface area contributed by atoms with E-state index >= 15 is 0 Å². The fourth-order valence-corrected chi connectivity index (χ4v) is 3.90. The highest BCUT2D eigenvalue weighted by atomic mass is 32.2. The summed E-state index contributed by atoms with van der Waals surface area (Å²) in [6.45, 7) is 0. The van der Waals surface area contributed by atoms with Crippen LogP contribution in [0.4, 0.5) is 0 Å². The topological polar surface area (TPSA) is 90.6 Å². The van der Waals surface area contributed by atoms with Crippen LogP contribution < -0.4 is 0 Å². The summed E-state index contributed by atoms with van der Waals surface area (Å²) in [6, 6.07) is 0. The number of methoxy groups -OCH3 is 1. The van der Waals surface area contributed by atoms with Crippen LogP contribution in [-0.4, -0.2) is 39.2 Å². The van der Waals surface area contributed by atoms with Crippen molar-refractivity contribution in [1.29, 1.82) is 0 Å². The first kappa shape index (κ1) is 17.4. The predicted octanol–water partition coefficient (Wildman–Crippen LogP) is 2.08. The molecule has 8 heteroatoms. The van der Waals surface area contributed by atoms with Gasteiger partial charge in [-0.25, -0.2) is 9.00 Å². The van der Waals surface area contributed by atoms with Crippen LogP contribution in [0.25, 0.3) is 0 Å². The van der Waals surface area contributed by atoms with Crippen LogP contribution in [-0.2, 0) is 26.3 Å². The highest BCUT2D eigenvalue weighted by molar-refractivity contribution is 7.93. The molecule has 0 aromatic carbocycles. The molecule has 23 heavy (non-hydrogen) atoms. The first-order chi connectivity index (χ1) is 10.8. The summed E-state index contributed by atoms with van der Waals surface area (Å²) in [7, 11) is -0.245. The van der Waals surface area contributed by atoms with Crippen molar-refractivity contribution in [2.45, 2.75) is 37.0 Å². The van der Waals surface area contributed by atoms with Crippen molar-refractivity contribution in [3.05, 3.63) is 23.5 Å². The molecular formula is C15H21N3O4S. The number of amides is 1. The third-order valence-corrected chi connectivity index (χ3v) is 5.29. The van der Waals surface area contributed by atoms with Gasteiger partial charge in [0.05, 0.1) is 23.3 Å². The van der Waals surface area contributed by atoms with E-state index < -0.39 is 21.6 Å². The van der Waals surface area contributed by atoms with E-state index in [2.05, 4.69) is 20.3 Å². The Balaban J connectivity index is 2.30. The number of carbonyl (C=O) groups is 2. The standard InChI is InChI=1S/C15H21N3O4S/c1-18-10-12(14(16-18)15(20)22-2)23(3,21)17-13(19)9-11-7-5-4-6-8-11/h7,10H,4-6,8-9H2,1-3H3. The summed E-state index contributed by atoms with van der Waals surface area (Å²) in [6.07, 6.45) is 9.06. The number of carbonyl (C=O) groups excluding carboxylic acids is 2. The molecule has 1 heterocycles. The summed E-state index contributed by atoms with van der Waals surface area (Å²) >= 11 is 0. The van der Waals surface area contributed by atoms with E-state index in [4.69, 9.17) is 0 Å². The highest BCUT2D eigenvalue weighted by Crippen LogP contribution is 2.22. The third kappa shape index (κ3) is 4.28. The van der Waals surface area contributed by atoms with Gasteiger partial charge in [-0.2, -0.15) is 9.46 Å². The maximum Gasteiger partial charge on any atom is 0.359 e. The van der Waals surface area contributed by atoms with Crippen LogP contribution in [0.5, 0.6) is 0 Å². The summed E-state index contributed by atoms with van der Waals surface area (Å²) in [5.74, 6) is -1.14. The number of rotatable bonds is 4. The van der Waals surface area contributed by atoms with E-state index in [-0.39, 0.29) is 17.0 Å². The molecule has 1 amide bonds. The van der Waals surface area contributed by atoms with Crippen molar-refractivity contribution >= 4 is 21.6 Å². The van der Waals surface area contributed by atoms with Crippen molar-refractivity contribution in [3.8, 4) is 0 Å². The molecule has 1 aliphatic rings. The van der Waals surface area contributed by atoms with Crippen molar-refractivity contribution in [1.82, 2.24) is 9.78 Å². The minimum absolute atomic E-state index is 0.0732. The molecule has 0 N–H and O–H groups in total. The molecule has 0 spiro atoms. The second-order valence-electron chi connectivity index (χ2n) is 5.58. The molecule has 0 saturated heterocycles. The van der Waals surface area contributed by atoms with Crippen LogP contribution in [0.3, 0.4) is 0 Å². The lowest BCUT2D eigenvalue weighted by Crippen LogP contribution is -2.10. The molecule has 0 bridgehead atoms. The normalized spacial score (nSPS) is 17.1. The Morgan fingerprint density at radius 2 is 2.17 bits per heavy atom. The molecule has 0 aliphatic heterocycles. The predicted molar refractivity (Wildman–Crippen MR) is 85.5 cm³/mol. The smallest absolute Gasteiger partial charge is 0.359 e. The fraction of sp³-hybridized carbons (Fsp3) is 0.533. The summed E-state index contributed by atoms with van der Waals surface area (Å²) in [5.41, 5.74) is 0.968. The van der Waals surface area contributed by atoms with Gasteiger partial charge in [0.1, 0.15) is 4.90 Å². The van der Waals surface area contributed by atoms with Gasteiger partial charge in [0, 0.05) is 19.5 Å².